The van der Waals surface area contributed by atoms with Crippen molar-refractivity contribution in [2.75, 3.05) is 0 Å². The molecular formula is C12H16FNO. The molecule has 1 aromatic rings. The van der Waals surface area contributed by atoms with Gasteiger partial charge in [0.05, 0.1) is 6.04 Å². The van der Waals surface area contributed by atoms with E-state index in [1.165, 1.54) is 12.1 Å². The molecule has 0 bridgehead atoms. The number of carbonyl (C=O) groups excluding carboxylic acids is 1. The van der Waals surface area contributed by atoms with Gasteiger partial charge >= 0.3 is 0 Å². The summed E-state index contributed by atoms with van der Waals surface area (Å²) in [7, 11) is 0. The second kappa shape index (κ2) is 4.53. The molecule has 0 aliphatic carbocycles. The molecule has 3 heteroatoms. The molecule has 2 N–H and O–H groups in total. The van der Waals surface area contributed by atoms with Crippen LogP contribution in [0.25, 0.3) is 0 Å². The average molecular weight is 209 g/mol. The standard InChI is InChI=1S/C12H16FNO/c1-7(2)11(14)12(15)9-4-8(3)5-10(13)6-9/h4-7,11H,14H2,1-3H3. The van der Waals surface area contributed by atoms with Crippen LogP contribution in [0.15, 0.2) is 18.2 Å². The van der Waals surface area contributed by atoms with E-state index in [-0.39, 0.29) is 11.7 Å². The summed E-state index contributed by atoms with van der Waals surface area (Å²) < 4.78 is 13.1. The van der Waals surface area contributed by atoms with E-state index in [4.69, 9.17) is 5.73 Å². The number of aryl methyl sites for hydroxylation is 1. The second-order valence-corrected chi connectivity index (χ2v) is 4.15. The summed E-state index contributed by atoms with van der Waals surface area (Å²) in [4.78, 5) is 11.8. The number of Topliss-reactive ketones (excluding diaryl/α,β-unsaturated/α-hetero) is 1. The van der Waals surface area contributed by atoms with Crippen LogP contribution < -0.4 is 5.73 Å². The van der Waals surface area contributed by atoms with E-state index in [2.05, 4.69) is 0 Å². The molecule has 2 nitrogen and oxygen atoms in total. The molecule has 0 heterocycles. The first-order valence-electron chi connectivity index (χ1n) is 4.99. The van der Waals surface area contributed by atoms with Crippen LogP contribution in [0.4, 0.5) is 4.39 Å². The molecule has 0 amide bonds. The Labute approximate surface area is 89.3 Å². The number of nitrogens with two attached hydrogens (primary N) is 1. The molecule has 0 spiro atoms. The van der Waals surface area contributed by atoms with Gasteiger partial charge in [-0.25, -0.2) is 4.39 Å². The largest absolute Gasteiger partial charge is 0.321 e. The van der Waals surface area contributed by atoms with Gasteiger partial charge in [-0.15, -0.1) is 0 Å². The maximum absolute atomic E-state index is 13.1. The molecule has 1 rings (SSSR count). The molecule has 0 saturated carbocycles. The molecule has 0 aliphatic rings. The van der Waals surface area contributed by atoms with Crippen molar-refractivity contribution in [1.82, 2.24) is 0 Å². The number of rotatable bonds is 3. The molecule has 0 fully saturated rings. The molecule has 1 unspecified atom stereocenters. The molecule has 1 aromatic carbocycles. The van der Waals surface area contributed by atoms with E-state index in [1.807, 2.05) is 13.8 Å². The van der Waals surface area contributed by atoms with Crippen LogP contribution >= 0.6 is 0 Å². The minimum Gasteiger partial charge on any atom is -0.321 e. The Morgan fingerprint density at radius 1 is 1.33 bits per heavy atom. The van der Waals surface area contributed by atoms with Crippen LogP contribution in [0.5, 0.6) is 0 Å². The van der Waals surface area contributed by atoms with Gasteiger partial charge in [0.2, 0.25) is 0 Å². The first kappa shape index (κ1) is 11.9. The van der Waals surface area contributed by atoms with Crippen molar-refractivity contribution in [2.45, 2.75) is 26.8 Å². The van der Waals surface area contributed by atoms with Crippen molar-refractivity contribution < 1.29 is 9.18 Å². The molecule has 0 aliphatic heterocycles. The van der Waals surface area contributed by atoms with E-state index in [0.717, 1.165) is 5.56 Å². The first-order chi connectivity index (χ1) is 6.91. The zero-order valence-electron chi connectivity index (χ0n) is 9.25. The lowest BCUT2D eigenvalue weighted by Gasteiger charge is -2.14. The Balaban J connectivity index is 3.01. The summed E-state index contributed by atoms with van der Waals surface area (Å²) in [5, 5.41) is 0. The predicted molar refractivity (Wildman–Crippen MR) is 58.3 cm³/mol. The summed E-state index contributed by atoms with van der Waals surface area (Å²) >= 11 is 0. The summed E-state index contributed by atoms with van der Waals surface area (Å²) in [6, 6.07) is 3.72. The number of ketones is 1. The summed E-state index contributed by atoms with van der Waals surface area (Å²) in [6.45, 7) is 5.49. The van der Waals surface area contributed by atoms with E-state index in [9.17, 15) is 9.18 Å². The molecule has 0 aromatic heterocycles. The fourth-order valence-electron chi connectivity index (χ4n) is 1.37. The topological polar surface area (TPSA) is 43.1 Å². The van der Waals surface area contributed by atoms with Gasteiger partial charge in [-0.1, -0.05) is 13.8 Å². The number of hydrogen-bond donors (Lipinski definition) is 1. The number of carbonyl (C=O) groups is 1. The van der Waals surface area contributed by atoms with Gasteiger partial charge < -0.3 is 5.73 Å². The minimum absolute atomic E-state index is 0.0565. The Morgan fingerprint density at radius 3 is 2.40 bits per heavy atom. The predicted octanol–water partition coefficient (Wildman–Crippen LogP) is 2.30. The van der Waals surface area contributed by atoms with Crippen molar-refractivity contribution in [1.29, 1.82) is 0 Å². The highest BCUT2D eigenvalue weighted by Crippen LogP contribution is 2.12. The zero-order valence-corrected chi connectivity index (χ0v) is 9.25. The van der Waals surface area contributed by atoms with Gasteiger partial charge in [0, 0.05) is 5.56 Å². The highest BCUT2D eigenvalue weighted by molar-refractivity contribution is 6.00. The highest BCUT2D eigenvalue weighted by atomic mass is 19.1. The second-order valence-electron chi connectivity index (χ2n) is 4.15. The fraction of sp³-hybridized carbons (Fsp3) is 0.417. The van der Waals surface area contributed by atoms with E-state index >= 15 is 0 Å². The van der Waals surface area contributed by atoms with Crippen molar-refractivity contribution in [3.63, 3.8) is 0 Å². The van der Waals surface area contributed by atoms with Gasteiger partial charge in [0.25, 0.3) is 0 Å². The van der Waals surface area contributed by atoms with E-state index in [0.29, 0.717) is 5.56 Å². The van der Waals surface area contributed by atoms with Crippen LogP contribution in [0.2, 0.25) is 0 Å². The lowest BCUT2D eigenvalue weighted by Crippen LogP contribution is -2.35. The molecule has 0 saturated heterocycles. The third-order valence-electron chi connectivity index (χ3n) is 2.35. The van der Waals surface area contributed by atoms with Gasteiger partial charge in [-0.2, -0.15) is 0 Å². The van der Waals surface area contributed by atoms with Gasteiger partial charge in [-0.05, 0) is 36.6 Å². The SMILES string of the molecule is Cc1cc(F)cc(C(=O)C(N)C(C)C)c1. The molecule has 82 valence electrons. The smallest absolute Gasteiger partial charge is 0.179 e. The molecule has 15 heavy (non-hydrogen) atoms. The Morgan fingerprint density at radius 2 is 1.93 bits per heavy atom. The third kappa shape index (κ3) is 2.86. The van der Waals surface area contributed by atoms with Gasteiger partial charge in [0.1, 0.15) is 5.82 Å². The summed E-state index contributed by atoms with van der Waals surface area (Å²) in [5.74, 6) is -0.539. The van der Waals surface area contributed by atoms with Crippen LogP contribution in [0.3, 0.4) is 0 Å². The van der Waals surface area contributed by atoms with Crippen LogP contribution in [0.1, 0.15) is 29.8 Å². The van der Waals surface area contributed by atoms with E-state index in [1.54, 1.807) is 13.0 Å². The Hall–Kier alpha value is -1.22. The summed E-state index contributed by atoms with van der Waals surface area (Å²) in [6.07, 6.45) is 0. The lowest BCUT2D eigenvalue weighted by atomic mass is 9.95. The monoisotopic (exact) mass is 209 g/mol. The fourth-order valence-corrected chi connectivity index (χ4v) is 1.37. The van der Waals surface area contributed by atoms with Crippen LogP contribution in [-0.4, -0.2) is 11.8 Å². The number of halogens is 1. The normalized spacial score (nSPS) is 12.9. The minimum atomic E-state index is -0.564. The number of benzene rings is 1. The molecular weight excluding hydrogens is 193 g/mol. The summed E-state index contributed by atoms with van der Waals surface area (Å²) in [5.41, 5.74) is 6.81. The Kier molecular flexibility index (Phi) is 3.58. The highest BCUT2D eigenvalue weighted by Gasteiger charge is 2.19. The maximum Gasteiger partial charge on any atom is 0.179 e. The molecule has 1 atom stereocenters. The number of hydrogen-bond acceptors (Lipinski definition) is 2. The first-order valence-corrected chi connectivity index (χ1v) is 4.99. The van der Waals surface area contributed by atoms with Crippen LogP contribution in [0, 0.1) is 18.7 Å². The lowest BCUT2D eigenvalue weighted by molar-refractivity contribution is 0.0940. The van der Waals surface area contributed by atoms with Gasteiger partial charge in [-0.3, -0.25) is 4.79 Å². The van der Waals surface area contributed by atoms with Crippen molar-refractivity contribution >= 4 is 5.78 Å². The quantitative estimate of drug-likeness (QED) is 0.776. The van der Waals surface area contributed by atoms with Crippen molar-refractivity contribution in [3.8, 4) is 0 Å². The average Bonchev–Trinajstić information content (AvgIpc) is 2.13. The third-order valence-corrected chi connectivity index (χ3v) is 2.35. The maximum atomic E-state index is 13.1. The van der Waals surface area contributed by atoms with Crippen LogP contribution in [-0.2, 0) is 0 Å². The van der Waals surface area contributed by atoms with Crippen molar-refractivity contribution in [3.05, 3.63) is 35.1 Å². The van der Waals surface area contributed by atoms with E-state index < -0.39 is 11.9 Å². The Bertz CT molecular complexity index is 354. The molecule has 0 radical (unpaired) electrons. The van der Waals surface area contributed by atoms with Crippen molar-refractivity contribution in [2.24, 2.45) is 11.7 Å². The van der Waals surface area contributed by atoms with Gasteiger partial charge in [0.15, 0.2) is 5.78 Å². The zero-order chi connectivity index (χ0) is 11.6.